The molecule has 178 valence electrons. The Morgan fingerprint density at radius 3 is 2.50 bits per heavy atom. The molecule has 0 aromatic heterocycles. The van der Waals surface area contributed by atoms with Crippen LogP contribution in [0, 0.1) is 0 Å². The van der Waals surface area contributed by atoms with Crippen molar-refractivity contribution in [1.29, 1.82) is 0 Å². The van der Waals surface area contributed by atoms with Crippen molar-refractivity contribution in [3.8, 4) is 0 Å². The zero-order valence-corrected chi connectivity index (χ0v) is 20.2. The smallest absolute Gasteiger partial charge is 0.242 e. The average molecular weight is 479 g/mol. The van der Waals surface area contributed by atoms with Crippen molar-refractivity contribution < 1.29 is 13.2 Å². The highest BCUT2D eigenvalue weighted by Crippen LogP contribution is 2.33. The van der Waals surface area contributed by atoms with Crippen LogP contribution in [-0.4, -0.2) is 62.9 Å². The lowest BCUT2D eigenvalue weighted by Crippen LogP contribution is -2.51. The van der Waals surface area contributed by atoms with Gasteiger partial charge in [0.05, 0.1) is 11.4 Å². The summed E-state index contributed by atoms with van der Waals surface area (Å²) in [5.41, 5.74) is 3.16. The number of sulfonamides is 1. The van der Waals surface area contributed by atoms with Gasteiger partial charge < -0.3 is 9.80 Å². The van der Waals surface area contributed by atoms with E-state index in [-0.39, 0.29) is 16.8 Å². The maximum absolute atomic E-state index is 13.1. The van der Waals surface area contributed by atoms with Gasteiger partial charge in [-0.3, -0.25) is 9.69 Å². The summed E-state index contributed by atoms with van der Waals surface area (Å²) in [7, 11) is -3.74. The molecule has 1 amide bonds. The molecular formula is C26H30N4O3S. The van der Waals surface area contributed by atoms with Crippen molar-refractivity contribution in [3.63, 3.8) is 0 Å². The Labute approximate surface area is 200 Å². The number of rotatable bonds is 5. The molecule has 5 rings (SSSR count). The highest BCUT2D eigenvalue weighted by Gasteiger charge is 2.31. The minimum atomic E-state index is -3.74. The lowest BCUT2D eigenvalue weighted by atomic mass is 10.0. The molecule has 8 heteroatoms. The van der Waals surface area contributed by atoms with Crippen LogP contribution in [0.25, 0.3) is 10.8 Å². The molecule has 2 N–H and O–H groups in total. The first-order chi connectivity index (χ1) is 16.3. The SMILES string of the molecule is C[C@H]1Cc2cc(S(N)(=O)=O)ccc2N1CC(=O)N1CCN(Cc2cccc3ccccc23)CC1. The summed E-state index contributed by atoms with van der Waals surface area (Å²) < 4.78 is 23.4. The van der Waals surface area contributed by atoms with Gasteiger partial charge in [-0.05, 0) is 53.4 Å². The van der Waals surface area contributed by atoms with Gasteiger partial charge in [0.1, 0.15) is 0 Å². The number of hydrogen-bond acceptors (Lipinski definition) is 5. The van der Waals surface area contributed by atoms with E-state index < -0.39 is 10.0 Å². The molecule has 0 spiro atoms. The maximum atomic E-state index is 13.1. The Morgan fingerprint density at radius 2 is 1.74 bits per heavy atom. The molecule has 1 atom stereocenters. The monoisotopic (exact) mass is 478 g/mol. The number of fused-ring (bicyclic) bond motifs is 2. The minimum Gasteiger partial charge on any atom is -0.359 e. The van der Waals surface area contributed by atoms with Gasteiger partial charge in [-0.2, -0.15) is 0 Å². The summed E-state index contributed by atoms with van der Waals surface area (Å²) in [5, 5.41) is 7.82. The van der Waals surface area contributed by atoms with E-state index in [1.165, 1.54) is 22.4 Å². The molecule has 3 aromatic carbocycles. The molecule has 2 aliphatic rings. The van der Waals surface area contributed by atoms with Crippen LogP contribution < -0.4 is 10.0 Å². The third kappa shape index (κ3) is 4.53. The van der Waals surface area contributed by atoms with E-state index in [0.29, 0.717) is 26.1 Å². The number of nitrogens with zero attached hydrogens (tertiary/aromatic N) is 3. The van der Waals surface area contributed by atoms with E-state index >= 15 is 0 Å². The highest BCUT2D eigenvalue weighted by molar-refractivity contribution is 7.89. The Hall–Kier alpha value is -2.94. The van der Waals surface area contributed by atoms with Crippen molar-refractivity contribution in [2.45, 2.75) is 30.8 Å². The van der Waals surface area contributed by atoms with Gasteiger partial charge >= 0.3 is 0 Å². The molecule has 2 aliphatic heterocycles. The van der Waals surface area contributed by atoms with Gasteiger partial charge in [0, 0.05) is 44.5 Å². The fourth-order valence-electron chi connectivity index (χ4n) is 5.16. The standard InChI is InChI=1S/C26H30N4O3S/c1-19-15-22-16-23(34(27,32)33)9-10-25(22)30(19)18-26(31)29-13-11-28(12-14-29)17-21-7-4-6-20-5-2-3-8-24(20)21/h2-10,16,19H,11-15,17-18H2,1H3,(H2,27,32,33)/t19-/m0/s1. The molecule has 0 saturated carbocycles. The van der Waals surface area contributed by atoms with Gasteiger partial charge in [-0.1, -0.05) is 42.5 Å². The third-order valence-corrected chi connectivity index (χ3v) is 7.95. The number of amides is 1. The lowest BCUT2D eigenvalue weighted by Gasteiger charge is -2.36. The molecule has 1 fully saturated rings. The molecule has 0 bridgehead atoms. The predicted molar refractivity (Wildman–Crippen MR) is 134 cm³/mol. The Balaban J connectivity index is 1.21. The molecule has 34 heavy (non-hydrogen) atoms. The summed E-state index contributed by atoms with van der Waals surface area (Å²) in [6, 6.07) is 20.0. The van der Waals surface area contributed by atoms with Crippen LogP contribution in [-0.2, 0) is 27.8 Å². The van der Waals surface area contributed by atoms with Crippen molar-refractivity contribution in [3.05, 3.63) is 71.8 Å². The predicted octanol–water partition coefficient (Wildman–Crippen LogP) is 2.58. The van der Waals surface area contributed by atoms with E-state index in [9.17, 15) is 13.2 Å². The second kappa shape index (κ2) is 9.02. The van der Waals surface area contributed by atoms with Crippen molar-refractivity contribution >= 4 is 32.4 Å². The van der Waals surface area contributed by atoms with Crippen LogP contribution in [0.1, 0.15) is 18.1 Å². The number of benzene rings is 3. The number of piperazine rings is 1. The van der Waals surface area contributed by atoms with Crippen LogP contribution in [0.3, 0.4) is 0 Å². The number of carbonyl (C=O) groups is 1. The Kier molecular flexibility index (Phi) is 6.06. The maximum Gasteiger partial charge on any atom is 0.242 e. The highest BCUT2D eigenvalue weighted by atomic mass is 32.2. The average Bonchev–Trinajstić information content (AvgIpc) is 3.13. The molecule has 7 nitrogen and oxygen atoms in total. The first-order valence-electron chi connectivity index (χ1n) is 11.7. The third-order valence-electron chi connectivity index (χ3n) is 7.04. The van der Waals surface area contributed by atoms with E-state index in [0.717, 1.165) is 30.9 Å². The van der Waals surface area contributed by atoms with Crippen molar-refractivity contribution in [2.75, 3.05) is 37.6 Å². The van der Waals surface area contributed by atoms with Gasteiger partial charge in [0.2, 0.25) is 15.9 Å². The fourth-order valence-corrected chi connectivity index (χ4v) is 5.73. The molecule has 0 radical (unpaired) electrons. The quantitative estimate of drug-likeness (QED) is 0.609. The first-order valence-corrected chi connectivity index (χ1v) is 13.2. The fraction of sp³-hybridized carbons (Fsp3) is 0.346. The minimum absolute atomic E-state index is 0.111. The molecule has 1 saturated heterocycles. The number of primary sulfonamides is 1. The van der Waals surface area contributed by atoms with Crippen LogP contribution in [0.15, 0.2) is 65.6 Å². The summed E-state index contributed by atoms with van der Waals surface area (Å²) in [5.74, 6) is 0.111. The topological polar surface area (TPSA) is 86.9 Å². The second-order valence-corrected chi connectivity index (χ2v) is 10.9. The van der Waals surface area contributed by atoms with Crippen LogP contribution in [0.2, 0.25) is 0 Å². The Morgan fingerprint density at radius 1 is 1.00 bits per heavy atom. The molecule has 0 aliphatic carbocycles. The molecular weight excluding hydrogens is 448 g/mol. The summed E-state index contributed by atoms with van der Waals surface area (Å²) in [6.07, 6.45) is 0.699. The van der Waals surface area contributed by atoms with Crippen LogP contribution in [0.4, 0.5) is 5.69 Å². The van der Waals surface area contributed by atoms with Crippen LogP contribution >= 0.6 is 0 Å². The zero-order chi connectivity index (χ0) is 23.9. The molecule has 0 unspecified atom stereocenters. The number of nitrogens with two attached hydrogens (primary N) is 1. The number of anilines is 1. The largest absolute Gasteiger partial charge is 0.359 e. The van der Waals surface area contributed by atoms with Gasteiger partial charge in [0.15, 0.2) is 0 Å². The summed E-state index contributed by atoms with van der Waals surface area (Å²) >= 11 is 0. The van der Waals surface area contributed by atoms with E-state index in [4.69, 9.17) is 5.14 Å². The van der Waals surface area contributed by atoms with Crippen molar-refractivity contribution in [1.82, 2.24) is 9.80 Å². The van der Waals surface area contributed by atoms with E-state index in [2.05, 4.69) is 59.2 Å². The zero-order valence-electron chi connectivity index (χ0n) is 19.4. The van der Waals surface area contributed by atoms with Crippen LogP contribution in [0.5, 0.6) is 0 Å². The second-order valence-electron chi connectivity index (χ2n) is 9.31. The van der Waals surface area contributed by atoms with Gasteiger partial charge in [-0.15, -0.1) is 0 Å². The van der Waals surface area contributed by atoms with Gasteiger partial charge in [-0.25, -0.2) is 13.6 Å². The first kappa shape index (κ1) is 22.8. The summed E-state index contributed by atoms with van der Waals surface area (Å²) in [4.78, 5) is 19.7. The van der Waals surface area contributed by atoms with Crippen molar-refractivity contribution in [2.24, 2.45) is 5.14 Å². The molecule has 2 heterocycles. The normalized spacial score (nSPS) is 18.9. The molecule has 3 aromatic rings. The summed E-state index contributed by atoms with van der Waals surface area (Å²) in [6.45, 7) is 6.36. The number of hydrogen-bond donors (Lipinski definition) is 1. The van der Waals surface area contributed by atoms with E-state index in [1.807, 2.05) is 4.90 Å². The van der Waals surface area contributed by atoms with E-state index in [1.54, 1.807) is 12.1 Å². The Bertz CT molecular complexity index is 1330. The van der Waals surface area contributed by atoms with Gasteiger partial charge in [0.25, 0.3) is 0 Å². The lowest BCUT2D eigenvalue weighted by molar-refractivity contribution is -0.131. The number of carbonyl (C=O) groups excluding carboxylic acids is 1.